The van der Waals surface area contributed by atoms with E-state index >= 15 is 0 Å². The smallest absolute Gasteiger partial charge is 0.217 e. The van der Waals surface area contributed by atoms with Gasteiger partial charge in [-0.05, 0) is 12.8 Å². The number of carbonyl (C=O) groups excluding carboxylic acids is 1. The van der Waals surface area contributed by atoms with Gasteiger partial charge in [-0.25, -0.2) is 4.98 Å². The second-order valence-electron chi connectivity index (χ2n) is 2.60. The van der Waals surface area contributed by atoms with Crippen molar-refractivity contribution in [3.8, 4) is 0 Å². The molecule has 0 saturated heterocycles. The number of hydrogen-bond acceptors (Lipinski definition) is 5. The first kappa shape index (κ1) is 9.91. The highest BCUT2D eigenvalue weighted by Crippen LogP contribution is 2.06. The van der Waals surface area contributed by atoms with Crippen LogP contribution in [0.5, 0.6) is 0 Å². The standard InChI is InChI=1S/C7H12N4OS/c8-6(12)3-1-2-4-9-7-10-5-11-13-7/h5H,1-4H2,(H2,8,12)(H,9,10,11). The van der Waals surface area contributed by atoms with Gasteiger partial charge in [0.2, 0.25) is 11.0 Å². The van der Waals surface area contributed by atoms with Crippen LogP contribution >= 0.6 is 11.5 Å². The molecule has 0 atom stereocenters. The maximum Gasteiger partial charge on any atom is 0.217 e. The molecule has 5 nitrogen and oxygen atoms in total. The molecule has 0 saturated carbocycles. The number of nitrogens with two attached hydrogens (primary N) is 1. The maximum absolute atomic E-state index is 10.4. The summed E-state index contributed by atoms with van der Waals surface area (Å²) < 4.78 is 3.84. The van der Waals surface area contributed by atoms with Crippen molar-refractivity contribution in [1.82, 2.24) is 9.36 Å². The van der Waals surface area contributed by atoms with Gasteiger partial charge in [-0.3, -0.25) is 4.79 Å². The monoisotopic (exact) mass is 200 g/mol. The molecule has 0 aliphatic rings. The highest BCUT2D eigenvalue weighted by Gasteiger charge is 1.96. The van der Waals surface area contributed by atoms with Gasteiger partial charge in [0.15, 0.2) is 0 Å². The molecule has 0 aliphatic carbocycles. The summed E-state index contributed by atoms with van der Waals surface area (Å²) >= 11 is 1.32. The number of hydrogen-bond donors (Lipinski definition) is 2. The first-order valence-electron chi connectivity index (χ1n) is 4.08. The summed E-state index contributed by atoms with van der Waals surface area (Å²) in [6, 6.07) is 0. The molecular formula is C7H12N4OS. The number of nitrogens with zero attached hydrogens (tertiary/aromatic N) is 2. The van der Waals surface area contributed by atoms with Crippen LogP contribution in [0.15, 0.2) is 6.33 Å². The van der Waals surface area contributed by atoms with E-state index in [-0.39, 0.29) is 5.91 Å². The minimum atomic E-state index is -0.240. The molecule has 0 spiro atoms. The molecule has 3 N–H and O–H groups in total. The lowest BCUT2D eigenvalue weighted by atomic mass is 10.2. The summed E-state index contributed by atoms with van der Waals surface area (Å²) in [5.41, 5.74) is 4.99. The third-order valence-corrected chi connectivity index (χ3v) is 2.11. The minimum absolute atomic E-state index is 0.240. The van der Waals surface area contributed by atoms with Gasteiger partial charge in [-0.2, -0.15) is 4.37 Å². The quantitative estimate of drug-likeness (QED) is 0.659. The molecule has 0 bridgehead atoms. The third-order valence-electron chi connectivity index (χ3n) is 1.49. The van der Waals surface area contributed by atoms with Crippen LogP contribution in [0, 0.1) is 0 Å². The van der Waals surface area contributed by atoms with Gasteiger partial charge in [-0.15, -0.1) is 0 Å². The Morgan fingerprint density at radius 2 is 2.46 bits per heavy atom. The van der Waals surface area contributed by atoms with Crippen molar-refractivity contribution in [2.45, 2.75) is 19.3 Å². The first-order valence-corrected chi connectivity index (χ1v) is 4.85. The zero-order chi connectivity index (χ0) is 9.52. The summed E-state index contributed by atoms with van der Waals surface area (Å²) in [5.74, 6) is -0.240. The summed E-state index contributed by atoms with van der Waals surface area (Å²) in [6.07, 6.45) is 3.71. The van der Waals surface area contributed by atoms with E-state index in [2.05, 4.69) is 14.7 Å². The highest BCUT2D eigenvalue weighted by atomic mass is 32.1. The fourth-order valence-electron chi connectivity index (χ4n) is 0.871. The number of amides is 1. The van der Waals surface area contributed by atoms with Crippen molar-refractivity contribution >= 4 is 22.6 Å². The predicted molar refractivity (Wildman–Crippen MR) is 51.4 cm³/mol. The number of carbonyl (C=O) groups is 1. The van der Waals surface area contributed by atoms with E-state index < -0.39 is 0 Å². The molecule has 0 fully saturated rings. The Balaban J connectivity index is 1.99. The van der Waals surface area contributed by atoms with Gasteiger partial charge in [-0.1, -0.05) is 0 Å². The van der Waals surface area contributed by atoms with Gasteiger partial charge in [0.25, 0.3) is 0 Å². The molecule has 1 aromatic rings. The normalized spacial score (nSPS) is 9.85. The Kier molecular flexibility index (Phi) is 4.17. The Hall–Kier alpha value is -1.17. The lowest BCUT2D eigenvalue weighted by molar-refractivity contribution is -0.118. The lowest BCUT2D eigenvalue weighted by Crippen LogP contribution is -2.10. The van der Waals surface area contributed by atoms with Crippen molar-refractivity contribution in [3.63, 3.8) is 0 Å². The number of anilines is 1. The van der Waals surface area contributed by atoms with E-state index in [1.54, 1.807) is 0 Å². The van der Waals surface area contributed by atoms with E-state index in [1.165, 1.54) is 17.9 Å². The van der Waals surface area contributed by atoms with Crippen molar-refractivity contribution in [2.24, 2.45) is 5.73 Å². The zero-order valence-electron chi connectivity index (χ0n) is 7.19. The van der Waals surface area contributed by atoms with E-state index in [0.717, 1.165) is 24.5 Å². The fraction of sp³-hybridized carbons (Fsp3) is 0.571. The van der Waals surface area contributed by atoms with Crippen molar-refractivity contribution in [1.29, 1.82) is 0 Å². The average molecular weight is 200 g/mol. The van der Waals surface area contributed by atoms with Crippen LogP contribution in [0.1, 0.15) is 19.3 Å². The molecule has 0 aliphatic heterocycles. The Labute approximate surface area is 80.5 Å². The topological polar surface area (TPSA) is 80.9 Å². The Morgan fingerprint density at radius 1 is 1.62 bits per heavy atom. The van der Waals surface area contributed by atoms with Gasteiger partial charge in [0, 0.05) is 24.5 Å². The van der Waals surface area contributed by atoms with Crippen molar-refractivity contribution in [2.75, 3.05) is 11.9 Å². The maximum atomic E-state index is 10.4. The number of nitrogens with one attached hydrogen (secondary N) is 1. The van der Waals surface area contributed by atoms with Crippen LogP contribution in [0.2, 0.25) is 0 Å². The number of primary amides is 1. The highest BCUT2D eigenvalue weighted by molar-refractivity contribution is 7.09. The summed E-state index contributed by atoms with van der Waals surface area (Å²) in [6.45, 7) is 0.808. The second-order valence-corrected chi connectivity index (χ2v) is 3.38. The molecule has 0 aromatic carbocycles. The predicted octanol–water partition coefficient (Wildman–Crippen LogP) is 0.606. The summed E-state index contributed by atoms with van der Waals surface area (Å²) in [7, 11) is 0. The fourth-order valence-corrected chi connectivity index (χ4v) is 1.33. The van der Waals surface area contributed by atoms with Crippen LogP contribution in [0.25, 0.3) is 0 Å². The minimum Gasteiger partial charge on any atom is -0.370 e. The average Bonchev–Trinajstić information content (AvgIpc) is 2.55. The van der Waals surface area contributed by atoms with Gasteiger partial charge >= 0.3 is 0 Å². The molecule has 1 heterocycles. The van der Waals surface area contributed by atoms with E-state index in [4.69, 9.17) is 5.73 Å². The van der Waals surface area contributed by atoms with Crippen LogP contribution in [-0.4, -0.2) is 21.8 Å². The van der Waals surface area contributed by atoms with E-state index in [9.17, 15) is 4.79 Å². The second kappa shape index (κ2) is 5.47. The molecule has 0 unspecified atom stereocenters. The van der Waals surface area contributed by atoms with Crippen LogP contribution in [0.4, 0.5) is 5.13 Å². The molecule has 1 aromatic heterocycles. The van der Waals surface area contributed by atoms with E-state index in [0.29, 0.717) is 6.42 Å². The number of unbranched alkanes of at least 4 members (excludes halogenated alkanes) is 1. The number of aromatic nitrogens is 2. The molecule has 1 amide bonds. The summed E-state index contributed by atoms with van der Waals surface area (Å²) in [4.78, 5) is 14.3. The van der Waals surface area contributed by atoms with E-state index in [1.807, 2.05) is 0 Å². The largest absolute Gasteiger partial charge is 0.370 e. The van der Waals surface area contributed by atoms with Gasteiger partial charge in [0.1, 0.15) is 6.33 Å². The lowest BCUT2D eigenvalue weighted by Gasteiger charge is -1.99. The zero-order valence-corrected chi connectivity index (χ0v) is 8.01. The van der Waals surface area contributed by atoms with Crippen LogP contribution < -0.4 is 11.1 Å². The molecule has 72 valence electrons. The van der Waals surface area contributed by atoms with Gasteiger partial charge in [0.05, 0.1) is 0 Å². The first-order chi connectivity index (χ1) is 6.29. The van der Waals surface area contributed by atoms with Crippen molar-refractivity contribution < 1.29 is 4.79 Å². The van der Waals surface area contributed by atoms with Crippen molar-refractivity contribution in [3.05, 3.63) is 6.33 Å². The molecule has 13 heavy (non-hydrogen) atoms. The molecule has 6 heteroatoms. The Bertz CT molecular complexity index is 249. The molecule has 1 rings (SSSR count). The van der Waals surface area contributed by atoms with Crippen LogP contribution in [0.3, 0.4) is 0 Å². The molecular weight excluding hydrogens is 188 g/mol. The van der Waals surface area contributed by atoms with Gasteiger partial charge < -0.3 is 11.1 Å². The molecule has 0 radical (unpaired) electrons. The Morgan fingerprint density at radius 3 is 3.08 bits per heavy atom. The SMILES string of the molecule is NC(=O)CCCCNc1ncns1. The van der Waals surface area contributed by atoms with Crippen LogP contribution in [-0.2, 0) is 4.79 Å². The summed E-state index contributed by atoms with van der Waals surface area (Å²) in [5, 5.41) is 3.91. The third kappa shape index (κ3) is 4.41. The number of rotatable bonds is 6.